The Hall–Kier alpha value is -4.29. The predicted molar refractivity (Wildman–Crippen MR) is 142 cm³/mol. The van der Waals surface area contributed by atoms with E-state index in [1.807, 2.05) is 37.3 Å². The van der Waals surface area contributed by atoms with Crippen molar-refractivity contribution < 1.29 is 23.8 Å². The number of benzene rings is 3. The Morgan fingerprint density at radius 3 is 2.43 bits per heavy atom. The molecule has 0 aliphatic carbocycles. The quantitative estimate of drug-likeness (QED) is 0.175. The molecule has 4 aromatic rings. The number of hydrogen-bond acceptors (Lipinski definition) is 5. The molecule has 0 bridgehead atoms. The number of amides is 1. The van der Waals surface area contributed by atoms with Crippen molar-refractivity contribution in [3.63, 3.8) is 0 Å². The molecule has 1 unspecified atom stereocenters. The first-order chi connectivity index (χ1) is 17.8. The van der Waals surface area contributed by atoms with Crippen LogP contribution >= 0.6 is 11.6 Å². The number of furan rings is 1. The lowest BCUT2D eigenvalue weighted by atomic mass is 9.98. The Labute approximate surface area is 219 Å². The van der Waals surface area contributed by atoms with Crippen LogP contribution in [-0.2, 0) is 16.2 Å². The van der Waals surface area contributed by atoms with E-state index >= 15 is 0 Å². The van der Waals surface area contributed by atoms with Crippen molar-refractivity contribution in [1.29, 1.82) is 0 Å². The highest BCUT2D eigenvalue weighted by Gasteiger charge is 2.48. The van der Waals surface area contributed by atoms with Gasteiger partial charge in [-0.1, -0.05) is 48.0 Å². The zero-order valence-electron chi connectivity index (χ0n) is 20.3. The number of anilines is 1. The third-order valence-corrected chi connectivity index (χ3v) is 6.48. The Morgan fingerprint density at radius 2 is 1.76 bits per heavy atom. The summed E-state index contributed by atoms with van der Waals surface area (Å²) >= 11 is 6.18. The second-order valence-corrected chi connectivity index (χ2v) is 9.29. The van der Waals surface area contributed by atoms with Gasteiger partial charge in [-0.25, -0.2) is 0 Å². The summed E-state index contributed by atoms with van der Waals surface area (Å²) in [7, 11) is 0. The Morgan fingerprint density at radius 1 is 0.973 bits per heavy atom. The van der Waals surface area contributed by atoms with Crippen molar-refractivity contribution in [3.8, 4) is 5.75 Å². The minimum atomic E-state index is -0.957. The normalized spacial score (nSPS) is 16.8. The number of rotatable bonds is 6. The maximum absolute atomic E-state index is 13.3. The molecule has 1 fully saturated rings. The lowest BCUT2D eigenvalue weighted by molar-refractivity contribution is -0.132. The summed E-state index contributed by atoms with van der Waals surface area (Å²) in [5.41, 5.74) is 2.56. The molecule has 5 rings (SSSR count). The summed E-state index contributed by atoms with van der Waals surface area (Å²) in [5, 5.41) is 11.8. The van der Waals surface area contributed by atoms with Gasteiger partial charge in [0.05, 0.1) is 5.57 Å². The highest BCUT2D eigenvalue weighted by atomic mass is 35.5. The van der Waals surface area contributed by atoms with E-state index in [-0.39, 0.29) is 11.3 Å². The van der Waals surface area contributed by atoms with E-state index in [2.05, 4.69) is 0 Å². The van der Waals surface area contributed by atoms with Crippen LogP contribution in [0.2, 0.25) is 5.02 Å². The molecule has 2 heterocycles. The van der Waals surface area contributed by atoms with Crippen LogP contribution < -0.4 is 9.64 Å². The smallest absolute Gasteiger partial charge is 0.300 e. The maximum atomic E-state index is 13.3. The standard InChI is InChI=1S/C30H24ClNO5/c1-18-15-21(12-14-24(18)36-17-20-7-4-3-5-8-20)28(33)26-27(25-13-11-19(2)37-25)32(30(35)29(26)34)23-10-6-9-22(31)16-23/h3-16,27,33H,17H2,1-2H3/b28-26-. The topological polar surface area (TPSA) is 80.0 Å². The largest absolute Gasteiger partial charge is 0.507 e. The van der Waals surface area contributed by atoms with Gasteiger partial charge < -0.3 is 14.3 Å². The number of aryl methyl sites for hydroxylation is 2. The van der Waals surface area contributed by atoms with Gasteiger partial charge in [-0.3, -0.25) is 14.5 Å². The van der Waals surface area contributed by atoms with Crippen LogP contribution in [0.4, 0.5) is 5.69 Å². The van der Waals surface area contributed by atoms with E-state index < -0.39 is 17.7 Å². The van der Waals surface area contributed by atoms with Crippen molar-refractivity contribution >= 4 is 34.7 Å². The van der Waals surface area contributed by atoms with E-state index in [4.69, 9.17) is 20.8 Å². The third-order valence-electron chi connectivity index (χ3n) is 6.25. The van der Waals surface area contributed by atoms with Gasteiger partial charge in [0.2, 0.25) is 0 Å². The molecule has 186 valence electrons. The molecular weight excluding hydrogens is 490 g/mol. The number of ketones is 1. The number of nitrogens with zero attached hydrogens (tertiary/aromatic N) is 1. The molecule has 7 heteroatoms. The van der Waals surface area contributed by atoms with E-state index in [0.717, 1.165) is 11.1 Å². The van der Waals surface area contributed by atoms with Gasteiger partial charge in [0.25, 0.3) is 11.7 Å². The van der Waals surface area contributed by atoms with Crippen LogP contribution in [0.3, 0.4) is 0 Å². The summed E-state index contributed by atoms with van der Waals surface area (Å²) < 4.78 is 11.8. The second-order valence-electron chi connectivity index (χ2n) is 8.85. The van der Waals surface area contributed by atoms with E-state index in [1.54, 1.807) is 61.5 Å². The zero-order valence-corrected chi connectivity index (χ0v) is 21.0. The lowest BCUT2D eigenvalue weighted by Gasteiger charge is -2.23. The molecule has 0 radical (unpaired) electrons. The van der Waals surface area contributed by atoms with E-state index in [9.17, 15) is 14.7 Å². The third kappa shape index (κ3) is 4.76. The second kappa shape index (κ2) is 9.99. The molecule has 1 aliphatic rings. The fraction of sp³-hybridized carbons (Fsp3) is 0.133. The Kier molecular flexibility index (Phi) is 6.59. The van der Waals surface area contributed by atoms with Gasteiger partial charge in [0.1, 0.15) is 35.7 Å². The zero-order chi connectivity index (χ0) is 26.1. The Balaban J connectivity index is 1.55. The highest BCUT2D eigenvalue weighted by Crippen LogP contribution is 2.43. The van der Waals surface area contributed by atoms with E-state index in [1.165, 1.54) is 4.90 Å². The number of aliphatic hydroxyl groups excluding tert-OH is 1. The van der Waals surface area contributed by atoms with Gasteiger partial charge in [-0.2, -0.15) is 0 Å². The molecule has 1 atom stereocenters. The molecule has 1 aliphatic heterocycles. The first kappa shape index (κ1) is 24.4. The van der Waals surface area contributed by atoms with E-state index in [0.29, 0.717) is 40.2 Å². The van der Waals surface area contributed by atoms with Crippen LogP contribution in [-0.4, -0.2) is 16.8 Å². The highest BCUT2D eigenvalue weighted by molar-refractivity contribution is 6.51. The van der Waals surface area contributed by atoms with Crippen molar-refractivity contribution in [2.75, 3.05) is 4.90 Å². The molecular formula is C30H24ClNO5. The number of ether oxygens (including phenoxy) is 1. The van der Waals surface area contributed by atoms with Crippen molar-refractivity contribution in [2.45, 2.75) is 26.5 Å². The van der Waals surface area contributed by atoms with Crippen LogP contribution in [0, 0.1) is 13.8 Å². The molecule has 3 aromatic carbocycles. The lowest BCUT2D eigenvalue weighted by Crippen LogP contribution is -2.29. The van der Waals surface area contributed by atoms with Crippen LogP contribution in [0.1, 0.15) is 34.3 Å². The number of Topliss-reactive ketones (excluding diaryl/α,β-unsaturated/α-hetero) is 1. The van der Waals surface area contributed by atoms with Crippen LogP contribution in [0.25, 0.3) is 5.76 Å². The van der Waals surface area contributed by atoms with Crippen LogP contribution in [0.5, 0.6) is 5.75 Å². The molecule has 1 aromatic heterocycles. The Bertz CT molecular complexity index is 1520. The summed E-state index contributed by atoms with van der Waals surface area (Å²) in [6, 6.07) is 24.1. The molecule has 0 spiro atoms. The van der Waals surface area contributed by atoms with Gasteiger partial charge >= 0.3 is 0 Å². The molecule has 6 nitrogen and oxygen atoms in total. The maximum Gasteiger partial charge on any atom is 0.300 e. The first-order valence-electron chi connectivity index (χ1n) is 11.7. The van der Waals surface area contributed by atoms with Gasteiger partial charge in [0.15, 0.2) is 0 Å². The van der Waals surface area contributed by atoms with Gasteiger partial charge in [-0.05, 0) is 73.5 Å². The van der Waals surface area contributed by atoms with Crippen molar-refractivity contribution in [2.24, 2.45) is 0 Å². The fourth-order valence-electron chi connectivity index (χ4n) is 4.44. The van der Waals surface area contributed by atoms with Gasteiger partial charge in [0, 0.05) is 16.3 Å². The average molecular weight is 514 g/mol. The van der Waals surface area contributed by atoms with Crippen molar-refractivity contribution in [3.05, 3.63) is 124 Å². The number of carbonyl (C=O) groups excluding carboxylic acids is 2. The minimum Gasteiger partial charge on any atom is -0.507 e. The molecule has 1 saturated heterocycles. The fourth-order valence-corrected chi connectivity index (χ4v) is 4.63. The summed E-state index contributed by atoms with van der Waals surface area (Å²) in [6.45, 7) is 4.03. The van der Waals surface area contributed by atoms with Crippen LogP contribution in [0.15, 0.2) is 94.9 Å². The SMILES string of the molecule is Cc1ccc(C2/C(=C(/O)c3ccc(OCc4ccccc4)c(C)c3)C(=O)C(=O)N2c2cccc(Cl)c2)o1. The number of carbonyl (C=O) groups is 2. The molecule has 0 saturated carbocycles. The summed E-state index contributed by atoms with van der Waals surface area (Å²) in [6.07, 6.45) is 0. The molecule has 1 amide bonds. The van der Waals surface area contributed by atoms with Crippen molar-refractivity contribution in [1.82, 2.24) is 0 Å². The monoisotopic (exact) mass is 513 g/mol. The molecule has 37 heavy (non-hydrogen) atoms. The predicted octanol–water partition coefficient (Wildman–Crippen LogP) is 6.76. The first-order valence-corrected chi connectivity index (χ1v) is 12.1. The number of halogens is 1. The number of hydrogen-bond donors (Lipinski definition) is 1. The average Bonchev–Trinajstić information content (AvgIpc) is 3.43. The number of aliphatic hydroxyl groups is 1. The summed E-state index contributed by atoms with van der Waals surface area (Å²) in [4.78, 5) is 27.8. The summed E-state index contributed by atoms with van der Waals surface area (Å²) in [5.74, 6) is -0.251. The molecule has 1 N–H and O–H groups in total. The van der Waals surface area contributed by atoms with Gasteiger partial charge in [-0.15, -0.1) is 0 Å². The minimum absolute atomic E-state index is 0.0586.